The van der Waals surface area contributed by atoms with Gasteiger partial charge in [0, 0.05) is 0 Å². The third-order valence-corrected chi connectivity index (χ3v) is 6.43. The van der Waals surface area contributed by atoms with Crippen LogP contribution in [0.3, 0.4) is 0 Å². The first-order chi connectivity index (χ1) is 18.0. The molecular weight excluding hydrogens is 626 g/mol. The maximum absolute atomic E-state index is 13.8. The van der Waals surface area contributed by atoms with Crippen LogP contribution in [0.25, 0.3) is 6.08 Å². The van der Waals surface area contributed by atoms with E-state index in [4.69, 9.17) is 34.8 Å². The summed E-state index contributed by atoms with van der Waals surface area (Å²) in [5.74, 6) is -5.14. The number of carbonyl (C=O) groups is 2. The Balaban J connectivity index is 2.42. The molecule has 0 heterocycles. The van der Waals surface area contributed by atoms with E-state index in [9.17, 15) is 49.1 Å². The molecule has 1 unspecified atom stereocenters. The van der Waals surface area contributed by atoms with Crippen LogP contribution in [0.2, 0.25) is 15.1 Å². The summed E-state index contributed by atoms with van der Waals surface area (Å²) in [5, 5.41) is 2.68. The van der Waals surface area contributed by atoms with Gasteiger partial charge in [-0.25, -0.2) is 0 Å². The minimum atomic E-state index is -5.18. The average Bonchev–Trinajstić information content (AvgIpc) is 2.78. The first kappa shape index (κ1) is 33.6. The number of nitrogens with one attached hydrogen (secondary N) is 2. The highest BCUT2D eigenvalue weighted by Gasteiger charge is 2.40. The fourth-order valence-corrected chi connectivity index (χ4v) is 3.89. The van der Waals surface area contributed by atoms with Gasteiger partial charge in [0.1, 0.15) is 12.1 Å². The number of rotatable bonds is 7. The zero-order valence-corrected chi connectivity index (χ0v) is 22.4. The molecule has 0 aromatic heterocycles. The summed E-state index contributed by atoms with van der Waals surface area (Å²) in [4.78, 5) is 24.7. The average molecular weight is 644 g/mol. The summed E-state index contributed by atoms with van der Waals surface area (Å²) in [5.41, 5.74) is -5.48. The lowest BCUT2D eigenvalue weighted by Gasteiger charge is -2.26. The lowest BCUT2D eigenvalue weighted by molar-refractivity contribution is -0.141. The smallest absolute Gasteiger partial charge is 0.345 e. The fraction of sp³-hybridized carbons (Fsp3) is 0.333. The first-order valence-electron chi connectivity index (χ1n) is 10.8. The molecule has 0 fully saturated rings. The Morgan fingerprint density at radius 1 is 0.900 bits per heavy atom. The van der Waals surface area contributed by atoms with Crippen molar-refractivity contribution < 1.29 is 49.1 Å². The van der Waals surface area contributed by atoms with Gasteiger partial charge in [0.25, 0.3) is 5.91 Å². The Morgan fingerprint density at radius 2 is 1.45 bits per heavy atom. The molecule has 2 aromatic rings. The highest BCUT2D eigenvalue weighted by atomic mass is 35.5. The van der Waals surface area contributed by atoms with Gasteiger partial charge in [-0.05, 0) is 49.2 Å². The van der Waals surface area contributed by atoms with Gasteiger partial charge in [-0.3, -0.25) is 9.59 Å². The standard InChI is InChI=1S/C24H18Cl3F9N2O2/c1-21(2,20(40)37-10-22(28,29)30)38-19(39)13-5-3-11(7-15(13)24(34,35)36)4-6-14(23(31,32)33)12-8-16(25)18(27)17(26)9-12/h3-9,14H,10H2,1-2H3,(H,37,40)(H,38,39)/b6-4+. The van der Waals surface area contributed by atoms with Crippen LogP contribution in [0.4, 0.5) is 39.5 Å². The molecule has 0 aliphatic carbocycles. The molecule has 0 aliphatic heterocycles. The molecule has 1 atom stereocenters. The predicted octanol–water partition coefficient (Wildman–Crippen LogP) is 8.21. The third kappa shape index (κ3) is 8.93. The molecule has 2 amide bonds. The summed E-state index contributed by atoms with van der Waals surface area (Å²) < 4.78 is 120. The second-order valence-electron chi connectivity index (χ2n) is 8.86. The normalized spacial score (nSPS) is 13.8. The van der Waals surface area contributed by atoms with Crippen LogP contribution in [0.15, 0.2) is 36.4 Å². The number of allylic oxidation sites excluding steroid dienone is 1. The van der Waals surface area contributed by atoms with E-state index in [2.05, 4.69) is 0 Å². The molecule has 0 radical (unpaired) electrons. The summed E-state index contributed by atoms with van der Waals surface area (Å²) >= 11 is 17.4. The molecule has 0 bridgehead atoms. The highest BCUT2D eigenvalue weighted by Crippen LogP contribution is 2.41. The number of carbonyl (C=O) groups excluding carboxylic acids is 2. The maximum atomic E-state index is 13.8. The minimum absolute atomic E-state index is 0.193. The SMILES string of the molecule is CC(C)(NC(=O)c1ccc(/C=C/C(c2cc(Cl)c(Cl)c(Cl)c2)C(F)(F)F)cc1C(F)(F)F)C(=O)NCC(F)(F)F. The van der Waals surface area contributed by atoms with E-state index in [0.29, 0.717) is 18.2 Å². The fourth-order valence-electron chi connectivity index (χ4n) is 3.28. The van der Waals surface area contributed by atoms with Crippen LogP contribution in [0.5, 0.6) is 0 Å². The van der Waals surface area contributed by atoms with Gasteiger partial charge in [-0.2, -0.15) is 39.5 Å². The third-order valence-electron chi connectivity index (χ3n) is 5.24. The number of hydrogen-bond donors (Lipinski definition) is 2. The quantitative estimate of drug-likeness (QED) is 0.236. The lowest BCUT2D eigenvalue weighted by Crippen LogP contribution is -2.56. The Bertz CT molecular complexity index is 1280. The van der Waals surface area contributed by atoms with Crippen molar-refractivity contribution in [3.05, 3.63) is 73.7 Å². The molecule has 40 heavy (non-hydrogen) atoms. The van der Waals surface area contributed by atoms with Crippen LogP contribution < -0.4 is 10.6 Å². The predicted molar refractivity (Wildman–Crippen MR) is 131 cm³/mol. The van der Waals surface area contributed by atoms with Gasteiger partial charge in [-0.1, -0.05) is 53.0 Å². The minimum Gasteiger partial charge on any atom is -0.345 e. The van der Waals surface area contributed by atoms with E-state index < -0.39 is 65.0 Å². The Kier molecular flexibility index (Phi) is 10.1. The monoisotopic (exact) mass is 642 g/mol. The number of hydrogen-bond acceptors (Lipinski definition) is 2. The zero-order valence-electron chi connectivity index (χ0n) is 20.2. The van der Waals surface area contributed by atoms with Crippen molar-refractivity contribution in [2.75, 3.05) is 6.54 Å². The number of halogens is 12. The van der Waals surface area contributed by atoms with E-state index in [1.165, 1.54) is 5.32 Å². The van der Waals surface area contributed by atoms with E-state index in [-0.39, 0.29) is 20.6 Å². The summed E-state index contributed by atoms with van der Waals surface area (Å²) in [6.45, 7) is 0.189. The molecule has 2 rings (SSSR count). The van der Waals surface area contributed by atoms with E-state index in [0.717, 1.165) is 38.1 Å². The molecule has 2 N–H and O–H groups in total. The topological polar surface area (TPSA) is 58.2 Å². The Hall–Kier alpha value is -2.64. The van der Waals surface area contributed by atoms with Crippen LogP contribution >= 0.6 is 34.8 Å². The van der Waals surface area contributed by atoms with Crippen LogP contribution in [-0.4, -0.2) is 36.3 Å². The molecule has 0 saturated heterocycles. The summed E-state index contributed by atoms with van der Waals surface area (Å²) in [6.07, 6.45) is -13.6. The molecule has 0 aliphatic rings. The molecule has 220 valence electrons. The maximum Gasteiger partial charge on any atom is 0.417 e. The molecule has 0 spiro atoms. The van der Waals surface area contributed by atoms with Crippen molar-refractivity contribution >= 4 is 52.7 Å². The van der Waals surface area contributed by atoms with Crippen molar-refractivity contribution in [2.24, 2.45) is 0 Å². The van der Waals surface area contributed by atoms with Gasteiger partial charge < -0.3 is 10.6 Å². The highest BCUT2D eigenvalue weighted by molar-refractivity contribution is 6.48. The number of benzene rings is 2. The molecule has 16 heteroatoms. The Morgan fingerprint density at radius 3 is 1.93 bits per heavy atom. The van der Waals surface area contributed by atoms with Crippen LogP contribution in [-0.2, 0) is 11.0 Å². The molecular formula is C24H18Cl3F9N2O2. The molecule has 0 saturated carbocycles. The van der Waals surface area contributed by atoms with E-state index >= 15 is 0 Å². The number of alkyl halides is 9. The second-order valence-corrected chi connectivity index (χ2v) is 10.0. The van der Waals surface area contributed by atoms with Crippen LogP contribution in [0.1, 0.15) is 46.8 Å². The van der Waals surface area contributed by atoms with Crippen molar-refractivity contribution in [2.45, 2.75) is 43.8 Å². The van der Waals surface area contributed by atoms with Gasteiger partial charge in [0.15, 0.2) is 0 Å². The number of amides is 2. The lowest BCUT2D eigenvalue weighted by atomic mass is 9.95. The van der Waals surface area contributed by atoms with Gasteiger partial charge in [0.05, 0.1) is 32.1 Å². The molecule has 4 nitrogen and oxygen atoms in total. The van der Waals surface area contributed by atoms with E-state index in [1.54, 1.807) is 0 Å². The second kappa shape index (κ2) is 12.1. The zero-order chi connectivity index (χ0) is 30.8. The Labute approximate surface area is 236 Å². The van der Waals surface area contributed by atoms with Gasteiger partial charge in [0.2, 0.25) is 5.91 Å². The van der Waals surface area contributed by atoms with Crippen LogP contribution in [0, 0.1) is 0 Å². The van der Waals surface area contributed by atoms with Gasteiger partial charge >= 0.3 is 18.5 Å². The van der Waals surface area contributed by atoms with Crippen molar-refractivity contribution in [1.82, 2.24) is 10.6 Å². The van der Waals surface area contributed by atoms with Crippen molar-refractivity contribution in [3.63, 3.8) is 0 Å². The molecule has 2 aromatic carbocycles. The van der Waals surface area contributed by atoms with E-state index in [1.807, 2.05) is 5.32 Å². The van der Waals surface area contributed by atoms with Crippen molar-refractivity contribution in [3.8, 4) is 0 Å². The van der Waals surface area contributed by atoms with Gasteiger partial charge in [-0.15, -0.1) is 0 Å². The van der Waals surface area contributed by atoms with Crippen molar-refractivity contribution in [1.29, 1.82) is 0 Å². The summed E-state index contributed by atoms with van der Waals surface area (Å²) in [6, 6.07) is 3.77. The summed E-state index contributed by atoms with van der Waals surface area (Å²) in [7, 11) is 0. The first-order valence-corrected chi connectivity index (χ1v) is 11.9. The largest absolute Gasteiger partial charge is 0.417 e.